The predicted molar refractivity (Wildman–Crippen MR) is 104 cm³/mol. The van der Waals surface area contributed by atoms with E-state index in [9.17, 15) is 5.26 Å². The first-order valence-electron chi connectivity index (χ1n) is 10.7. The summed E-state index contributed by atoms with van der Waals surface area (Å²) in [4.78, 5) is 2.74. The van der Waals surface area contributed by atoms with Crippen molar-refractivity contribution in [3.05, 3.63) is 0 Å². The predicted octanol–water partition coefficient (Wildman–Crippen LogP) is 4.47. The fourth-order valence-corrected chi connectivity index (χ4v) is 7.41. The molecule has 140 valence electrons. The molecular formula is C21H34N2OS. The van der Waals surface area contributed by atoms with Gasteiger partial charge >= 0.3 is 0 Å². The van der Waals surface area contributed by atoms with Gasteiger partial charge in [-0.15, -0.1) is 0 Å². The van der Waals surface area contributed by atoms with Crippen molar-refractivity contribution in [2.24, 2.45) is 17.8 Å². The number of fused-ring (bicyclic) bond motifs is 2. The lowest BCUT2D eigenvalue weighted by atomic mass is 9.67. The molecule has 4 aliphatic rings. The van der Waals surface area contributed by atoms with Crippen LogP contribution in [0.4, 0.5) is 0 Å². The first-order chi connectivity index (χ1) is 12.3. The van der Waals surface area contributed by atoms with E-state index in [4.69, 9.17) is 4.74 Å². The number of rotatable bonds is 4. The van der Waals surface area contributed by atoms with E-state index in [2.05, 4.69) is 22.7 Å². The van der Waals surface area contributed by atoms with E-state index in [1.165, 1.54) is 63.7 Å². The van der Waals surface area contributed by atoms with Gasteiger partial charge in [0.2, 0.25) is 0 Å². The molecule has 4 heteroatoms. The molecule has 25 heavy (non-hydrogen) atoms. The van der Waals surface area contributed by atoms with Crippen LogP contribution in [0.5, 0.6) is 0 Å². The monoisotopic (exact) mass is 362 g/mol. The normalized spacial score (nSPS) is 42.2. The smallest absolute Gasteiger partial charge is 0.0655 e. The third-order valence-electron chi connectivity index (χ3n) is 7.33. The van der Waals surface area contributed by atoms with Crippen LogP contribution in [-0.4, -0.2) is 47.7 Å². The highest BCUT2D eigenvalue weighted by molar-refractivity contribution is 8.00. The number of hydrogen-bond donors (Lipinski definition) is 0. The quantitative estimate of drug-likeness (QED) is 0.739. The summed E-state index contributed by atoms with van der Waals surface area (Å²) in [5.41, 5.74) is 0. The van der Waals surface area contributed by atoms with Crippen molar-refractivity contribution < 1.29 is 4.74 Å². The van der Waals surface area contributed by atoms with Gasteiger partial charge in [-0.25, -0.2) is 0 Å². The maximum Gasteiger partial charge on any atom is 0.0655 e. The summed E-state index contributed by atoms with van der Waals surface area (Å²) in [5, 5.41) is 10.1. The summed E-state index contributed by atoms with van der Waals surface area (Å²) in [7, 11) is 0. The maximum atomic E-state index is 9.17. The molecule has 1 saturated heterocycles. The van der Waals surface area contributed by atoms with Crippen LogP contribution in [0.3, 0.4) is 0 Å². The van der Waals surface area contributed by atoms with E-state index in [0.717, 1.165) is 49.1 Å². The lowest BCUT2D eigenvalue weighted by Crippen LogP contribution is -2.50. The van der Waals surface area contributed by atoms with E-state index >= 15 is 0 Å². The van der Waals surface area contributed by atoms with Gasteiger partial charge in [-0.2, -0.15) is 17.0 Å². The van der Waals surface area contributed by atoms with Gasteiger partial charge in [0.25, 0.3) is 0 Å². The minimum absolute atomic E-state index is 0.333. The van der Waals surface area contributed by atoms with Crippen molar-refractivity contribution in [1.82, 2.24) is 4.90 Å². The Hall–Kier alpha value is -0.240. The summed E-state index contributed by atoms with van der Waals surface area (Å²) in [6.07, 6.45) is 13.5. The molecule has 0 spiro atoms. The van der Waals surface area contributed by atoms with E-state index in [1.54, 1.807) is 0 Å². The highest BCUT2D eigenvalue weighted by atomic mass is 32.2. The number of ether oxygens (including phenoxy) is 1. The lowest BCUT2D eigenvalue weighted by Gasteiger charge is -2.44. The number of nitriles is 1. The minimum atomic E-state index is 0.333. The Kier molecular flexibility index (Phi) is 6.26. The number of hydrogen-bond acceptors (Lipinski definition) is 4. The zero-order valence-electron chi connectivity index (χ0n) is 15.6. The first-order valence-corrected chi connectivity index (χ1v) is 11.7. The van der Waals surface area contributed by atoms with Crippen LogP contribution >= 0.6 is 11.8 Å². The average Bonchev–Trinajstić information content (AvgIpc) is 2.67. The van der Waals surface area contributed by atoms with Crippen LogP contribution < -0.4 is 0 Å². The Balaban J connectivity index is 1.20. The fraction of sp³-hybridized carbons (Fsp3) is 0.952. The van der Waals surface area contributed by atoms with Gasteiger partial charge in [0, 0.05) is 36.1 Å². The van der Waals surface area contributed by atoms with Crippen LogP contribution in [0.2, 0.25) is 0 Å². The molecule has 0 bridgehead atoms. The maximum absolute atomic E-state index is 9.17. The first kappa shape index (κ1) is 18.1. The van der Waals surface area contributed by atoms with Crippen LogP contribution in [-0.2, 0) is 4.74 Å². The summed E-state index contributed by atoms with van der Waals surface area (Å²) < 4.78 is 6.35. The molecule has 0 amide bonds. The van der Waals surface area contributed by atoms with Gasteiger partial charge in [0.15, 0.2) is 0 Å². The Morgan fingerprint density at radius 2 is 1.84 bits per heavy atom. The zero-order chi connectivity index (χ0) is 17.1. The topological polar surface area (TPSA) is 36.3 Å². The average molecular weight is 363 g/mol. The molecule has 3 saturated carbocycles. The standard InChI is InChI=1S/C21H34N2OS/c22-15-16-5-6-18-14-19(8-7-17(18)13-16)24-11-9-23-10-12-25-21-4-2-1-3-20(21)23/h16-21H,1-14H2. The second-order valence-electron chi connectivity index (χ2n) is 8.76. The highest BCUT2D eigenvalue weighted by Crippen LogP contribution is 2.43. The Labute approximate surface area is 157 Å². The van der Waals surface area contributed by atoms with E-state index < -0.39 is 0 Å². The molecule has 6 unspecified atom stereocenters. The van der Waals surface area contributed by atoms with Gasteiger partial charge < -0.3 is 4.74 Å². The van der Waals surface area contributed by atoms with Gasteiger partial charge in [-0.05, 0) is 63.2 Å². The van der Waals surface area contributed by atoms with Crippen molar-refractivity contribution in [2.75, 3.05) is 25.4 Å². The summed E-state index contributed by atoms with van der Waals surface area (Å²) in [5.74, 6) is 3.28. The summed E-state index contributed by atoms with van der Waals surface area (Å²) in [6, 6.07) is 3.33. The molecule has 0 aromatic rings. The van der Waals surface area contributed by atoms with Gasteiger partial charge in [-0.1, -0.05) is 12.8 Å². The molecule has 0 radical (unpaired) electrons. The summed E-state index contributed by atoms with van der Waals surface area (Å²) in [6.45, 7) is 3.33. The second kappa shape index (κ2) is 8.63. The molecule has 3 nitrogen and oxygen atoms in total. The van der Waals surface area contributed by atoms with Gasteiger partial charge in [0.05, 0.1) is 18.8 Å². The van der Waals surface area contributed by atoms with Gasteiger partial charge in [0.1, 0.15) is 0 Å². The molecule has 3 aliphatic carbocycles. The third kappa shape index (κ3) is 4.37. The largest absolute Gasteiger partial charge is 0.377 e. The summed E-state index contributed by atoms with van der Waals surface area (Å²) >= 11 is 2.22. The molecule has 4 rings (SSSR count). The molecule has 6 atom stereocenters. The van der Waals surface area contributed by atoms with E-state index in [1.807, 2.05) is 0 Å². The van der Waals surface area contributed by atoms with Crippen molar-refractivity contribution in [1.29, 1.82) is 5.26 Å². The zero-order valence-corrected chi connectivity index (χ0v) is 16.4. The highest BCUT2D eigenvalue weighted by Gasteiger charge is 2.36. The van der Waals surface area contributed by atoms with Gasteiger partial charge in [-0.3, -0.25) is 4.90 Å². The Morgan fingerprint density at radius 3 is 2.76 bits per heavy atom. The third-order valence-corrected chi connectivity index (χ3v) is 8.72. The van der Waals surface area contributed by atoms with E-state index in [0.29, 0.717) is 12.0 Å². The van der Waals surface area contributed by atoms with Crippen molar-refractivity contribution in [3.63, 3.8) is 0 Å². The van der Waals surface area contributed by atoms with E-state index in [-0.39, 0.29) is 0 Å². The molecule has 4 fully saturated rings. The molecule has 1 aliphatic heterocycles. The number of nitrogens with zero attached hydrogens (tertiary/aromatic N) is 2. The minimum Gasteiger partial charge on any atom is -0.377 e. The molecule has 0 aromatic heterocycles. The SMILES string of the molecule is N#CC1CCC2CC(OCCN3CCSC4CCCCC43)CCC2C1. The molecular weight excluding hydrogens is 328 g/mol. The van der Waals surface area contributed by atoms with Crippen LogP contribution in [0.15, 0.2) is 0 Å². The molecule has 0 N–H and O–H groups in total. The Morgan fingerprint density at radius 1 is 1.00 bits per heavy atom. The molecule has 1 heterocycles. The van der Waals surface area contributed by atoms with Crippen LogP contribution in [0.1, 0.15) is 64.2 Å². The van der Waals surface area contributed by atoms with Crippen molar-refractivity contribution in [2.45, 2.75) is 81.6 Å². The van der Waals surface area contributed by atoms with Crippen LogP contribution in [0.25, 0.3) is 0 Å². The van der Waals surface area contributed by atoms with Crippen LogP contribution in [0, 0.1) is 29.1 Å². The molecule has 0 aromatic carbocycles. The fourth-order valence-electron chi connectivity index (χ4n) is 5.91. The number of thioether (sulfide) groups is 1. The van der Waals surface area contributed by atoms with Crippen molar-refractivity contribution in [3.8, 4) is 6.07 Å². The van der Waals surface area contributed by atoms with Crippen molar-refractivity contribution >= 4 is 11.8 Å². The second-order valence-corrected chi connectivity index (χ2v) is 10.1. The lowest BCUT2D eigenvalue weighted by molar-refractivity contribution is -0.0269. The Bertz CT molecular complexity index is 477.